The van der Waals surface area contributed by atoms with Crippen molar-refractivity contribution < 1.29 is 15.0 Å². The molecule has 0 saturated carbocycles. The van der Waals surface area contributed by atoms with Gasteiger partial charge in [-0.25, -0.2) is 9.78 Å². The molecule has 0 saturated heterocycles. The van der Waals surface area contributed by atoms with Gasteiger partial charge in [0.05, 0.1) is 11.8 Å². The average molecular weight is 247 g/mol. The van der Waals surface area contributed by atoms with Crippen LogP contribution in [-0.2, 0) is 5.75 Å². The van der Waals surface area contributed by atoms with Gasteiger partial charge in [-0.3, -0.25) is 0 Å². The lowest BCUT2D eigenvalue weighted by Crippen LogP contribution is -2.15. The Hall–Kier alpha value is -0.590. The first-order valence-corrected chi connectivity index (χ1v) is 6.41. The molecule has 1 aromatic rings. The molecule has 1 aromatic heterocycles. The van der Waals surface area contributed by atoms with Gasteiger partial charge in [-0.15, -0.1) is 23.1 Å². The molecule has 1 heterocycles. The van der Waals surface area contributed by atoms with Crippen LogP contribution in [0.3, 0.4) is 0 Å². The number of hydrogen-bond acceptors (Lipinski definition) is 5. The summed E-state index contributed by atoms with van der Waals surface area (Å²) in [5.74, 6) is -0.352. The third-order valence-corrected chi connectivity index (χ3v) is 4.17. The van der Waals surface area contributed by atoms with Crippen LogP contribution in [0.4, 0.5) is 0 Å². The van der Waals surface area contributed by atoms with Crippen molar-refractivity contribution in [2.24, 2.45) is 0 Å². The molecule has 4 nitrogen and oxygen atoms in total. The Bertz CT molecular complexity index is 338. The number of thioether (sulfide) groups is 1. The van der Waals surface area contributed by atoms with Crippen LogP contribution in [0.1, 0.15) is 29.3 Å². The number of aromatic carboxylic acids is 1. The van der Waals surface area contributed by atoms with Crippen LogP contribution in [-0.4, -0.2) is 32.5 Å². The van der Waals surface area contributed by atoms with Crippen molar-refractivity contribution in [2.75, 3.05) is 0 Å². The normalized spacial score (nSPS) is 14.9. The average Bonchev–Trinajstić information content (AvgIpc) is 2.62. The standard InChI is InChI=1S/C9H13NO3S2/c1-5(11)6(2)14-3-7-4-15-8(10-7)9(12)13/h4-6,11H,3H2,1-2H3,(H,12,13). The highest BCUT2D eigenvalue weighted by Gasteiger charge is 2.12. The fourth-order valence-electron chi connectivity index (χ4n) is 0.828. The Balaban J connectivity index is 2.48. The highest BCUT2D eigenvalue weighted by molar-refractivity contribution is 7.99. The molecular formula is C9H13NO3S2. The first-order valence-electron chi connectivity index (χ1n) is 4.48. The molecule has 0 aromatic carbocycles. The van der Waals surface area contributed by atoms with Crippen LogP contribution in [0.25, 0.3) is 0 Å². The lowest BCUT2D eigenvalue weighted by Gasteiger charge is -2.12. The SMILES string of the molecule is CC(O)C(C)SCc1csc(C(=O)O)n1. The molecule has 0 radical (unpaired) electrons. The zero-order valence-electron chi connectivity index (χ0n) is 8.51. The van der Waals surface area contributed by atoms with Crippen LogP contribution >= 0.6 is 23.1 Å². The molecular weight excluding hydrogens is 234 g/mol. The highest BCUT2D eigenvalue weighted by atomic mass is 32.2. The van der Waals surface area contributed by atoms with Gasteiger partial charge in [-0.2, -0.15) is 0 Å². The Labute approximate surface area is 96.4 Å². The summed E-state index contributed by atoms with van der Waals surface area (Å²) in [6.45, 7) is 3.67. The van der Waals surface area contributed by atoms with Crippen molar-refractivity contribution >= 4 is 29.1 Å². The molecule has 15 heavy (non-hydrogen) atoms. The van der Waals surface area contributed by atoms with E-state index in [2.05, 4.69) is 4.98 Å². The maximum Gasteiger partial charge on any atom is 0.365 e. The van der Waals surface area contributed by atoms with E-state index in [-0.39, 0.29) is 16.4 Å². The molecule has 2 atom stereocenters. The van der Waals surface area contributed by atoms with Gasteiger partial charge >= 0.3 is 5.97 Å². The van der Waals surface area contributed by atoms with E-state index in [1.807, 2.05) is 6.92 Å². The number of aromatic nitrogens is 1. The number of carboxylic acid groups (broad SMARTS) is 1. The lowest BCUT2D eigenvalue weighted by atomic mass is 10.3. The summed E-state index contributed by atoms with van der Waals surface area (Å²) < 4.78 is 0. The summed E-state index contributed by atoms with van der Waals surface area (Å²) in [5.41, 5.74) is 0.759. The Morgan fingerprint density at radius 1 is 1.67 bits per heavy atom. The Morgan fingerprint density at radius 3 is 2.80 bits per heavy atom. The number of nitrogens with zero attached hydrogens (tertiary/aromatic N) is 1. The van der Waals surface area contributed by atoms with Crippen molar-refractivity contribution in [2.45, 2.75) is 31.0 Å². The van der Waals surface area contributed by atoms with Gasteiger partial charge in [0.25, 0.3) is 0 Å². The molecule has 0 aliphatic rings. The van der Waals surface area contributed by atoms with Gasteiger partial charge in [0.15, 0.2) is 0 Å². The minimum Gasteiger partial charge on any atom is -0.476 e. The number of thiazole rings is 1. The molecule has 0 amide bonds. The summed E-state index contributed by atoms with van der Waals surface area (Å²) in [6.07, 6.45) is -0.368. The quantitative estimate of drug-likeness (QED) is 0.831. The van der Waals surface area contributed by atoms with Gasteiger partial charge in [0.1, 0.15) is 0 Å². The minimum atomic E-state index is -0.986. The van der Waals surface area contributed by atoms with Crippen molar-refractivity contribution in [1.29, 1.82) is 0 Å². The second kappa shape index (κ2) is 5.48. The zero-order chi connectivity index (χ0) is 11.4. The summed E-state index contributed by atoms with van der Waals surface area (Å²) in [5, 5.41) is 19.9. The molecule has 2 unspecified atom stereocenters. The van der Waals surface area contributed by atoms with Crippen LogP contribution < -0.4 is 0 Å². The van der Waals surface area contributed by atoms with E-state index >= 15 is 0 Å². The van der Waals surface area contributed by atoms with Crippen molar-refractivity contribution in [3.8, 4) is 0 Å². The second-order valence-corrected chi connectivity index (χ2v) is 5.43. The van der Waals surface area contributed by atoms with Crippen molar-refractivity contribution in [3.63, 3.8) is 0 Å². The predicted molar refractivity (Wildman–Crippen MR) is 61.5 cm³/mol. The monoisotopic (exact) mass is 247 g/mol. The van der Waals surface area contributed by atoms with Crippen LogP contribution in [0.5, 0.6) is 0 Å². The molecule has 84 valence electrons. The summed E-state index contributed by atoms with van der Waals surface area (Å²) in [4.78, 5) is 14.5. The van der Waals surface area contributed by atoms with Crippen molar-refractivity contribution in [1.82, 2.24) is 4.98 Å². The van der Waals surface area contributed by atoms with Crippen LogP contribution in [0.2, 0.25) is 0 Å². The molecule has 0 aliphatic carbocycles. The number of hydrogen-bond donors (Lipinski definition) is 2. The topological polar surface area (TPSA) is 70.4 Å². The summed E-state index contributed by atoms with van der Waals surface area (Å²) in [7, 11) is 0. The number of rotatable bonds is 5. The number of aliphatic hydroxyl groups excluding tert-OH is 1. The number of carbonyl (C=O) groups is 1. The van der Waals surface area contributed by atoms with Gasteiger partial charge in [-0.1, -0.05) is 6.92 Å². The summed E-state index contributed by atoms with van der Waals surface area (Å²) >= 11 is 2.70. The van der Waals surface area contributed by atoms with E-state index in [1.54, 1.807) is 24.1 Å². The Kier molecular flexibility index (Phi) is 4.56. The first kappa shape index (κ1) is 12.5. The largest absolute Gasteiger partial charge is 0.476 e. The maximum atomic E-state index is 10.6. The smallest absolute Gasteiger partial charge is 0.365 e. The van der Waals surface area contributed by atoms with E-state index in [9.17, 15) is 9.90 Å². The van der Waals surface area contributed by atoms with Gasteiger partial charge in [0.2, 0.25) is 5.01 Å². The van der Waals surface area contributed by atoms with Gasteiger partial charge < -0.3 is 10.2 Å². The van der Waals surface area contributed by atoms with Crippen molar-refractivity contribution in [3.05, 3.63) is 16.1 Å². The fraction of sp³-hybridized carbons (Fsp3) is 0.556. The van der Waals surface area contributed by atoms with Gasteiger partial charge in [-0.05, 0) is 6.92 Å². The first-order chi connectivity index (χ1) is 7.00. The molecule has 0 aliphatic heterocycles. The Morgan fingerprint density at radius 2 is 2.33 bits per heavy atom. The molecule has 0 bridgehead atoms. The third kappa shape index (κ3) is 3.81. The van der Waals surface area contributed by atoms with E-state index in [0.717, 1.165) is 17.0 Å². The fourth-order valence-corrected chi connectivity index (χ4v) is 2.45. The number of carboxylic acids is 1. The molecule has 1 rings (SSSR count). The zero-order valence-corrected chi connectivity index (χ0v) is 10.1. The molecule has 0 spiro atoms. The highest BCUT2D eigenvalue weighted by Crippen LogP contribution is 2.21. The molecule has 2 N–H and O–H groups in total. The van der Waals surface area contributed by atoms with Gasteiger partial charge in [0, 0.05) is 16.4 Å². The molecule has 6 heteroatoms. The maximum absolute atomic E-state index is 10.6. The second-order valence-electron chi connectivity index (χ2n) is 3.21. The van der Waals surface area contributed by atoms with E-state index in [0.29, 0.717) is 5.75 Å². The van der Waals surface area contributed by atoms with E-state index < -0.39 is 5.97 Å². The van der Waals surface area contributed by atoms with Crippen LogP contribution in [0, 0.1) is 0 Å². The third-order valence-electron chi connectivity index (χ3n) is 1.91. The summed E-state index contributed by atoms with van der Waals surface area (Å²) in [6, 6.07) is 0. The lowest BCUT2D eigenvalue weighted by molar-refractivity contribution is 0.0696. The van der Waals surface area contributed by atoms with E-state index in [4.69, 9.17) is 5.11 Å². The predicted octanol–water partition coefficient (Wildman–Crippen LogP) is 1.84. The minimum absolute atomic E-state index is 0.121. The number of aliphatic hydroxyl groups is 1. The van der Waals surface area contributed by atoms with Crippen LogP contribution in [0.15, 0.2) is 5.38 Å². The van der Waals surface area contributed by atoms with E-state index in [1.165, 1.54) is 0 Å². The molecule has 0 fully saturated rings.